The van der Waals surface area contributed by atoms with E-state index in [-0.39, 0.29) is 18.0 Å². The van der Waals surface area contributed by atoms with Gasteiger partial charge in [-0.15, -0.1) is 0 Å². The SMILES string of the molecule is Cc1ccc(C(CN)C(O)c2c(F)cccc2Br)cc1. The van der Waals surface area contributed by atoms with E-state index in [9.17, 15) is 9.50 Å². The van der Waals surface area contributed by atoms with Gasteiger partial charge in [-0.05, 0) is 24.6 Å². The molecule has 0 aliphatic heterocycles. The third kappa shape index (κ3) is 3.08. The molecule has 0 spiro atoms. The molecular weight excluding hydrogens is 321 g/mol. The van der Waals surface area contributed by atoms with Crippen molar-refractivity contribution in [1.82, 2.24) is 0 Å². The molecular formula is C16H17BrFNO. The quantitative estimate of drug-likeness (QED) is 0.893. The molecule has 0 fully saturated rings. The molecule has 4 heteroatoms. The molecule has 2 aromatic rings. The first-order chi connectivity index (χ1) is 9.54. The van der Waals surface area contributed by atoms with E-state index in [4.69, 9.17) is 5.73 Å². The molecule has 3 N–H and O–H groups in total. The van der Waals surface area contributed by atoms with Crippen molar-refractivity contribution < 1.29 is 9.50 Å². The van der Waals surface area contributed by atoms with Gasteiger partial charge in [0.05, 0.1) is 6.10 Å². The normalized spacial score (nSPS) is 14.1. The van der Waals surface area contributed by atoms with Gasteiger partial charge in [0.25, 0.3) is 0 Å². The predicted octanol–water partition coefficient (Wildman–Crippen LogP) is 3.67. The topological polar surface area (TPSA) is 46.2 Å². The van der Waals surface area contributed by atoms with Gasteiger partial charge in [-0.1, -0.05) is 51.8 Å². The molecule has 0 aromatic heterocycles. The highest BCUT2D eigenvalue weighted by Gasteiger charge is 2.25. The number of rotatable bonds is 4. The summed E-state index contributed by atoms with van der Waals surface area (Å²) in [6.07, 6.45) is -0.988. The summed E-state index contributed by atoms with van der Waals surface area (Å²) in [6.45, 7) is 2.23. The molecule has 0 heterocycles. The van der Waals surface area contributed by atoms with Crippen LogP contribution in [0.1, 0.15) is 28.7 Å². The number of aliphatic hydroxyl groups excluding tert-OH is 1. The van der Waals surface area contributed by atoms with Gasteiger partial charge < -0.3 is 10.8 Å². The van der Waals surface area contributed by atoms with E-state index in [1.807, 2.05) is 31.2 Å². The van der Waals surface area contributed by atoms with Crippen LogP contribution in [0.4, 0.5) is 4.39 Å². The molecule has 0 saturated heterocycles. The number of hydrogen-bond donors (Lipinski definition) is 2. The number of halogens is 2. The van der Waals surface area contributed by atoms with Crippen molar-refractivity contribution >= 4 is 15.9 Å². The van der Waals surface area contributed by atoms with E-state index in [2.05, 4.69) is 15.9 Å². The Kier molecular flexibility index (Phi) is 4.91. The summed E-state index contributed by atoms with van der Waals surface area (Å²) in [7, 11) is 0. The first kappa shape index (κ1) is 15.2. The van der Waals surface area contributed by atoms with Crippen molar-refractivity contribution in [3.8, 4) is 0 Å². The van der Waals surface area contributed by atoms with Gasteiger partial charge >= 0.3 is 0 Å². The van der Waals surface area contributed by atoms with E-state index in [1.165, 1.54) is 6.07 Å². The number of benzene rings is 2. The maximum atomic E-state index is 13.9. The van der Waals surface area contributed by atoms with Gasteiger partial charge in [-0.2, -0.15) is 0 Å². The van der Waals surface area contributed by atoms with Gasteiger partial charge in [-0.3, -0.25) is 0 Å². The zero-order chi connectivity index (χ0) is 14.7. The Morgan fingerprint density at radius 2 is 1.85 bits per heavy atom. The van der Waals surface area contributed by atoms with Crippen LogP contribution in [0.25, 0.3) is 0 Å². The van der Waals surface area contributed by atoms with Crippen molar-refractivity contribution in [2.24, 2.45) is 5.73 Å². The van der Waals surface area contributed by atoms with E-state index >= 15 is 0 Å². The van der Waals surface area contributed by atoms with Crippen LogP contribution in [0.15, 0.2) is 46.9 Å². The molecule has 0 saturated carbocycles. The monoisotopic (exact) mass is 337 g/mol. The zero-order valence-corrected chi connectivity index (χ0v) is 12.8. The number of aryl methyl sites for hydroxylation is 1. The highest BCUT2D eigenvalue weighted by molar-refractivity contribution is 9.10. The lowest BCUT2D eigenvalue weighted by atomic mass is 9.88. The second-order valence-corrected chi connectivity index (χ2v) is 5.69. The van der Waals surface area contributed by atoms with Gasteiger partial charge in [0.2, 0.25) is 0 Å². The van der Waals surface area contributed by atoms with Gasteiger partial charge in [0.1, 0.15) is 5.82 Å². The molecule has 0 radical (unpaired) electrons. The number of hydrogen-bond acceptors (Lipinski definition) is 2. The molecule has 2 rings (SSSR count). The average Bonchev–Trinajstić information content (AvgIpc) is 2.41. The largest absolute Gasteiger partial charge is 0.388 e. The van der Waals surface area contributed by atoms with Crippen molar-refractivity contribution in [2.75, 3.05) is 6.54 Å². The fourth-order valence-corrected chi connectivity index (χ4v) is 2.83. The Morgan fingerprint density at radius 1 is 1.20 bits per heavy atom. The lowest BCUT2D eigenvalue weighted by molar-refractivity contribution is 0.142. The summed E-state index contributed by atoms with van der Waals surface area (Å²) in [5, 5.41) is 10.5. The summed E-state index contributed by atoms with van der Waals surface area (Å²) in [5.41, 5.74) is 8.07. The molecule has 0 bridgehead atoms. The highest BCUT2D eigenvalue weighted by atomic mass is 79.9. The zero-order valence-electron chi connectivity index (χ0n) is 11.2. The third-order valence-electron chi connectivity index (χ3n) is 3.44. The minimum absolute atomic E-state index is 0.241. The van der Waals surface area contributed by atoms with Gasteiger partial charge in [0, 0.05) is 22.5 Å². The maximum absolute atomic E-state index is 13.9. The summed E-state index contributed by atoms with van der Waals surface area (Å²) in [4.78, 5) is 0. The summed E-state index contributed by atoms with van der Waals surface area (Å²) >= 11 is 3.29. The van der Waals surface area contributed by atoms with E-state index in [0.717, 1.165) is 11.1 Å². The lowest BCUT2D eigenvalue weighted by Gasteiger charge is -2.23. The molecule has 2 nitrogen and oxygen atoms in total. The smallest absolute Gasteiger partial charge is 0.130 e. The van der Waals surface area contributed by atoms with Crippen LogP contribution in [0.2, 0.25) is 0 Å². The molecule has 0 aliphatic rings. The van der Waals surface area contributed by atoms with Gasteiger partial charge in [-0.25, -0.2) is 4.39 Å². The first-order valence-electron chi connectivity index (χ1n) is 6.43. The lowest BCUT2D eigenvalue weighted by Crippen LogP contribution is -2.21. The van der Waals surface area contributed by atoms with Crippen LogP contribution in [0, 0.1) is 12.7 Å². The van der Waals surface area contributed by atoms with Crippen LogP contribution < -0.4 is 5.73 Å². The fraction of sp³-hybridized carbons (Fsp3) is 0.250. The van der Waals surface area contributed by atoms with Crippen LogP contribution >= 0.6 is 15.9 Å². The highest BCUT2D eigenvalue weighted by Crippen LogP contribution is 2.35. The summed E-state index contributed by atoms with van der Waals surface area (Å²) in [5.74, 6) is -0.777. The summed E-state index contributed by atoms with van der Waals surface area (Å²) < 4.78 is 14.5. The predicted molar refractivity (Wildman–Crippen MR) is 82.0 cm³/mol. The number of aliphatic hydroxyl groups is 1. The Morgan fingerprint density at radius 3 is 2.40 bits per heavy atom. The first-order valence-corrected chi connectivity index (χ1v) is 7.22. The molecule has 2 aromatic carbocycles. The fourth-order valence-electron chi connectivity index (χ4n) is 2.26. The summed E-state index contributed by atoms with van der Waals surface area (Å²) in [6, 6.07) is 12.4. The second-order valence-electron chi connectivity index (χ2n) is 4.83. The van der Waals surface area contributed by atoms with E-state index in [0.29, 0.717) is 4.47 Å². The van der Waals surface area contributed by atoms with Crippen LogP contribution in [0.5, 0.6) is 0 Å². The Balaban J connectivity index is 2.39. The Bertz CT molecular complexity index is 565. The average molecular weight is 338 g/mol. The van der Waals surface area contributed by atoms with Crippen molar-refractivity contribution in [3.63, 3.8) is 0 Å². The number of nitrogens with two attached hydrogens (primary N) is 1. The molecule has 0 aliphatic carbocycles. The molecule has 2 unspecified atom stereocenters. The van der Waals surface area contributed by atoms with Crippen LogP contribution in [-0.4, -0.2) is 11.7 Å². The van der Waals surface area contributed by atoms with Crippen LogP contribution in [-0.2, 0) is 0 Å². The standard InChI is InChI=1S/C16H17BrFNO/c1-10-5-7-11(8-6-10)12(9-19)16(20)15-13(17)3-2-4-14(15)18/h2-8,12,16,20H,9,19H2,1H3. The molecule has 2 atom stereocenters. The van der Waals surface area contributed by atoms with Gasteiger partial charge in [0.15, 0.2) is 0 Å². The molecule has 20 heavy (non-hydrogen) atoms. The van der Waals surface area contributed by atoms with E-state index in [1.54, 1.807) is 12.1 Å². The third-order valence-corrected chi connectivity index (χ3v) is 4.13. The second kappa shape index (κ2) is 6.48. The van der Waals surface area contributed by atoms with Crippen molar-refractivity contribution in [2.45, 2.75) is 18.9 Å². The van der Waals surface area contributed by atoms with Crippen LogP contribution in [0.3, 0.4) is 0 Å². The molecule has 106 valence electrons. The van der Waals surface area contributed by atoms with E-state index < -0.39 is 11.9 Å². The Hall–Kier alpha value is -1.23. The Labute approximate surface area is 126 Å². The molecule has 0 amide bonds. The van der Waals surface area contributed by atoms with Crippen molar-refractivity contribution in [3.05, 3.63) is 69.4 Å². The van der Waals surface area contributed by atoms with Crippen molar-refractivity contribution in [1.29, 1.82) is 0 Å². The maximum Gasteiger partial charge on any atom is 0.130 e. The minimum atomic E-state index is -0.988. The minimum Gasteiger partial charge on any atom is -0.388 e.